The Balaban J connectivity index is 3.01. The van der Waals surface area contributed by atoms with Crippen molar-refractivity contribution in [3.8, 4) is 0 Å². The second-order valence-electron chi connectivity index (χ2n) is 2.00. The molecule has 0 heterocycles. The van der Waals surface area contributed by atoms with Crippen LogP contribution in [0.5, 0.6) is 0 Å². The van der Waals surface area contributed by atoms with E-state index in [9.17, 15) is 0 Å². The van der Waals surface area contributed by atoms with Gasteiger partial charge in [0.15, 0.2) is 0 Å². The first-order valence-corrected chi connectivity index (χ1v) is 3.22. The number of rotatable bonds is 4. The van der Waals surface area contributed by atoms with Gasteiger partial charge in [-0.15, -0.1) is 0 Å². The predicted molar refractivity (Wildman–Crippen MR) is 39.5 cm³/mol. The fraction of sp³-hybridized carbons (Fsp3) is 0.667. The standard InChI is InChI=1S/C6H12ClNO/c1-5(7)3-8-4-6(2)9/h6,8-9H,1,3-4H2,2H3. The van der Waals surface area contributed by atoms with Crippen LogP contribution in [-0.4, -0.2) is 24.3 Å². The third-order valence-electron chi connectivity index (χ3n) is 0.757. The lowest BCUT2D eigenvalue weighted by atomic mass is 10.4. The smallest absolute Gasteiger partial charge is 0.0636 e. The van der Waals surface area contributed by atoms with Gasteiger partial charge in [0.2, 0.25) is 0 Å². The van der Waals surface area contributed by atoms with Crippen molar-refractivity contribution < 1.29 is 5.11 Å². The van der Waals surface area contributed by atoms with Gasteiger partial charge in [-0.3, -0.25) is 0 Å². The van der Waals surface area contributed by atoms with Crippen LogP contribution in [-0.2, 0) is 0 Å². The molecule has 0 aliphatic rings. The molecular formula is C6H12ClNO. The average molecular weight is 150 g/mol. The Morgan fingerprint density at radius 3 is 2.78 bits per heavy atom. The topological polar surface area (TPSA) is 32.3 Å². The van der Waals surface area contributed by atoms with E-state index in [1.54, 1.807) is 6.92 Å². The molecule has 0 aliphatic carbocycles. The summed E-state index contributed by atoms with van der Waals surface area (Å²) < 4.78 is 0. The highest BCUT2D eigenvalue weighted by Gasteiger charge is 1.92. The van der Waals surface area contributed by atoms with Gasteiger partial charge in [-0.25, -0.2) is 0 Å². The minimum absolute atomic E-state index is 0.319. The molecule has 0 fully saturated rings. The largest absolute Gasteiger partial charge is 0.392 e. The SMILES string of the molecule is C=C(Cl)CNCC(C)O. The fourth-order valence-electron chi connectivity index (χ4n) is 0.417. The molecule has 0 spiro atoms. The summed E-state index contributed by atoms with van der Waals surface area (Å²) in [5, 5.41) is 12.2. The molecule has 1 atom stereocenters. The number of aliphatic hydroxyl groups excluding tert-OH is 1. The summed E-state index contributed by atoms with van der Waals surface area (Å²) in [7, 11) is 0. The van der Waals surface area contributed by atoms with Gasteiger partial charge in [0.1, 0.15) is 0 Å². The number of halogens is 1. The first-order chi connectivity index (χ1) is 4.13. The maximum Gasteiger partial charge on any atom is 0.0636 e. The molecular weight excluding hydrogens is 138 g/mol. The number of hydrogen-bond acceptors (Lipinski definition) is 2. The second kappa shape index (κ2) is 4.79. The van der Waals surface area contributed by atoms with Gasteiger partial charge in [0, 0.05) is 18.1 Å². The van der Waals surface area contributed by atoms with Crippen LogP contribution in [0.4, 0.5) is 0 Å². The van der Waals surface area contributed by atoms with E-state index in [4.69, 9.17) is 16.7 Å². The molecule has 2 nitrogen and oxygen atoms in total. The molecule has 0 rings (SSSR count). The van der Waals surface area contributed by atoms with E-state index in [0.29, 0.717) is 18.1 Å². The van der Waals surface area contributed by atoms with Gasteiger partial charge in [-0.05, 0) is 6.92 Å². The van der Waals surface area contributed by atoms with Gasteiger partial charge >= 0.3 is 0 Å². The molecule has 0 aliphatic heterocycles. The zero-order valence-corrected chi connectivity index (χ0v) is 6.28. The Kier molecular flexibility index (Phi) is 4.77. The molecule has 9 heavy (non-hydrogen) atoms. The van der Waals surface area contributed by atoms with E-state index in [1.807, 2.05) is 0 Å². The predicted octanol–water partition coefficient (Wildman–Crippen LogP) is 0.709. The minimum Gasteiger partial charge on any atom is -0.392 e. The first kappa shape index (κ1) is 8.95. The molecule has 2 N–H and O–H groups in total. The highest BCUT2D eigenvalue weighted by atomic mass is 35.5. The number of nitrogens with one attached hydrogen (secondary N) is 1. The van der Waals surface area contributed by atoms with Gasteiger partial charge in [-0.1, -0.05) is 18.2 Å². The van der Waals surface area contributed by atoms with Crippen LogP contribution in [0.25, 0.3) is 0 Å². The fourth-order valence-corrected chi connectivity index (χ4v) is 0.511. The molecule has 0 amide bonds. The molecule has 0 saturated heterocycles. The van der Waals surface area contributed by atoms with E-state index in [-0.39, 0.29) is 6.10 Å². The van der Waals surface area contributed by atoms with E-state index in [0.717, 1.165) is 0 Å². The summed E-state index contributed by atoms with van der Waals surface area (Å²) in [5.74, 6) is 0. The number of aliphatic hydroxyl groups is 1. The van der Waals surface area contributed by atoms with Crippen molar-refractivity contribution in [2.24, 2.45) is 0 Å². The van der Waals surface area contributed by atoms with Crippen molar-refractivity contribution in [1.82, 2.24) is 5.32 Å². The van der Waals surface area contributed by atoms with Crippen molar-refractivity contribution >= 4 is 11.6 Å². The highest BCUT2D eigenvalue weighted by Crippen LogP contribution is 1.91. The van der Waals surface area contributed by atoms with Crippen molar-refractivity contribution in [1.29, 1.82) is 0 Å². The van der Waals surface area contributed by atoms with Crippen molar-refractivity contribution in [3.63, 3.8) is 0 Å². The summed E-state index contributed by atoms with van der Waals surface area (Å²) in [5.41, 5.74) is 0. The van der Waals surface area contributed by atoms with Crippen LogP contribution in [0.1, 0.15) is 6.92 Å². The third-order valence-corrected chi connectivity index (χ3v) is 0.890. The Hall–Kier alpha value is -0.0500. The molecule has 0 radical (unpaired) electrons. The third kappa shape index (κ3) is 7.95. The zero-order valence-electron chi connectivity index (χ0n) is 5.52. The molecule has 0 aromatic carbocycles. The molecule has 0 saturated carbocycles. The first-order valence-electron chi connectivity index (χ1n) is 2.85. The van der Waals surface area contributed by atoms with Gasteiger partial charge in [-0.2, -0.15) is 0 Å². The average Bonchev–Trinajstić information content (AvgIpc) is 1.63. The van der Waals surface area contributed by atoms with Gasteiger partial charge < -0.3 is 10.4 Å². The monoisotopic (exact) mass is 149 g/mol. The van der Waals surface area contributed by atoms with Crippen LogP contribution in [0.15, 0.2) is 11.6 Å². The van der Waals surface area contributed by atoms with Gasteiger partial charge in [0.25, 0.3) is 0 Å². The molecule has 0 bridgehead atoms. The van der Waals surface area contributed by atoms with E-state index in [1.165, 1.54) is 0 Å². The maximum atomic E-state index is 8.73. The van der Waals surface area contributed by atoms with Crippen molar-refractivity contribution in [3.05, 3.63) is 11.6 Å². The normalized spacial score (nSPS) is 13.2. The second-order valence-corrected chi connectivity index (χ2v) is 2.53. The molecule has 1 unspecified atom stereocenters. The summed E-state index contributed by atoms with van der Waals surface area (Å²) >= 11 is 5.42. The minimum atomic E-state index is -0.319. The summed E-state index contributed by atoms with van der Waals surface area (Å²) in [6.45, 7) is 6.31. The lowest BCUT2D eigenvalue weighted by Crippen LogP contribution is -2.25. The van der Waals surface area contributed by atoms with Crippen LogP contribution < -0.4 is 5.32 Å². The lowest BCUT2D eigenvalue weighted by Gasteiger charge is -2.04. The van der Waals surface area contributed by atoms with Crippen LogP contribution in [0.2, 0.25) is 0 Å². The highest BCUT2D eigenvalue weighted by molar-refractivity contribution is 6.29. The zero-order chi connectivity index (χ0) is 7.28. The van der Waals surface area contributed by atoms with Crippen LogP contribution >= 0.6 is 11.6 Å². The van der Waals surface area contributed by atoms with E-state index < -0.39 is 0 Å². The molecule has 54 valence electrons. The summed E-state index contributed by atoms with van der Waals surface area (Å²) in [6.07, 6.45) is -0.319. The summed E-state index contributed by atoms with van der Waals surface area (Å²) in [6, 6.07) is 0. The van der Waals surface area contributed by atoms with E-state index >= 15 is 0 Å². The summed E-state index contributed by atoms with van der Waals surface area (Å²) in [4.78, 5) is 0. The Morgan fingerprint density at radius 2 is 2.44 bits per heavy atom. The Labute approximate surface area is 60.5 Å². The molecule has 3 heteroatoms. The molecule has 0 aromatic heterocycles. The maximum absolute atomic E-state index is 8.73. The van der Waals surface area contributed by atoms with Gasteiger partial charge in [0.05, 0.1) is 6.10 Å². The lowest BCUT2D eigenvalue weighted by molar-refractivity contribution is 0.193. The Morgan fingerprint density at radius 1 is 1.89 bits per heavy atom. The van der Waals surface area contributed by atoms with Crippen LogP contribution in [0, 0.1) is 0 Å². The van der Waals surface area contributed by atoms with E-state index in [2.05, 4.69) is 11.9 Å². The molecule has 0 aromatic rings. The van der Waals surface area contributed by atoms with Crippen LogP contribution in [0.3, 0.4) is 0 Å². The van der Waals surface area contributed by atoms with Crippen molar-refractivity contribution in [2.75, 3.05) is 13.1 Å². The Bertz CT molecular complexity index is 93.1. The number of hydrogen-bond donors (Lipinski definition) is 2. The van der Waals surface area contributed by atoms with Crippen molar-refractivity contribution in [2.45, 2.75) is 13.0 Å². The quantitative estimate of drug-likeness (QED) is 0.617.